The lowest BCUT2D eigenvalue weighted by Crippen LogP contribution is -2.37. The van der Waals surface area contributed by atoms with Crippen LogP contribution in [0.5, 0.6) is 0 Å². The van der Waals surface area contributed by atoms with E-state index in [0.717, 1.165) is 12.8 Å². The number of nitrogens with two attached hydrogens (primary N) is 1. The number of nitrogens with zero attached hydrogens (tertiary/aromatic N) is 1. The topological polar surface area (TPSA) is 66.6 Å². The average molecular weight is 146 g/mol. The molecule has 0 aliphatic rings. The van der Waals surface area contributed by atoms with Gasteiger partial charge in [0.05, 0.1) is 0 Å². The first-order valence-electron chi connectivity index (χ1n) is 3.37. The second-order valence-corrected chi connectivity index (χ2v) is 2.10. The van der Waals surface area contributed by atoms with Crippen molar-refractivity contribution in [3.05, 3.63) is 0 Å². The summed E-state index contributed by atoms with van der Waals surface area (Å²) in [5.41, 5.74) is 4.91. The molecule has 0 heterocycles. The Morgan fingerprint density at radius 3 is 2.60 bits per heavy atom. The third-order valence-corrected chi connectivity index (χ3v) is 1.26. The molecule has 0 bridgehead atoms. The molecule has 3 N–H and O–H groups in total. The fraction of sp³-hybridized carbons (Fsp3) is 0.833. The normalized spacial score (nSPS) is 9.40. The van der Waals surface area contributed by atoms with Gasteiger partial charge in [-0.2, -0.15) is 0 Å². The van der Waals surface area contributed by atoms with Crippen molar-refractivity contribution in [1.29, 1.82) is 0 Å². The molecule has 2 amide bonds. The van der Waals surface area contributed by atoms with E-state index in [-0.39, 0.29) is 6.73 Å². The number of aliphatic hydroxyl groups excluding tert-OH is 1. The molecular weight excluding hydrogens is 132 g/mol. The Hall–Kier alpha value is -0.770. The lowest BCUT2D eigenvalue weighted by molar-refractivity contribution is 0.127. The van der Waals surface area contributed by atoms with Gasteiger partial charge in [0.2, 0.25) is 0 Å². The van der Waals surface area contributed by atoms with Gasteiger partial charge in [0.25, 0.3) is 0 Å². The molecule has 0 saturated heterocycles. The first-order chi connectivity index (χ1) is 4.72. The Labute approximate surface area is 60.6 Å². The van der Waals surface area contributed by atoms with Crippen LogP contribution in [0.25, 0.3) is 0 Å². The number of primary amides is 1. The maximum atomic E-state index is 10.4. The molecule has 0 spiro atoms. The number of amides is 2. The monoisotopic (exact) mass is 146 g/mol. The van der Waals surface area contributed by atoms with Gasteiger partial charge < -0.3 is 15.7 Å². The summed E-state index contributed by atoms with van der Waals surface area (Å²) in [6.45, 7) is 2.27. The van der Waals surface area contributed by atoms with Gasteiger partial charge in [-0.05, 0) is 6.42 Å². The first-order valence-corrected chi connectivity index (χ1v) is 3.37. The third kappa shape index (κ3) is 3.29. The van der Waals surface area contributed by atoms with Crippen molar-refractivity contribution < 1.29 is 9.90 Å². The Kier molecular flexibility index (Phi) is 4.66. The molecular formula is C6H14N2O2. The Bertz CT molecular complexity index is 106. The molecule has 10 heavy (non-hydrogen) atoms. The first kappa shape index (κ1) is 9.23. The van der Waals surface area contributed by atoms with Crippen LogP contribution in [0.15, 0.2) is 0 Å². The molecule has 0 fully saturated rings. The summed E-state index contributed by atoms with van der Waals surface area (Å²) in [7, 11) is 0. The zero-order valence-corrected chi connectivity index (χ0v) is 6.21. The fourth-order valence-electron chi connectivity index (χ4n) is 0.600. The van der Waals surface area contributed by atoms with Gasteiger partial charge in [0.15, 0.2) is 0 Å². The number of hydrogen-bond donors (Lipinski definition) is 2. The number of carbonyl (C=O) groups is 1. The number of unbranched alkanes of at least 4 members (excludes halogenated alkanes) is 1. The van der Waals surface area contributed by atoms with Crippen molar-refractivity contribution in [2.45, 2.75) is 19.8 Å². The highest BCUT2D eigenvalue weighted by molar-refractivity contribution is 5.71. The Morgan fingerprint density at radius 1 is 1.70 bits per heavy atom. The minimum Gasteiger partial charge on any atom is -0.376 e. The molecule has 0 aliphatic carbocycles. The Balaban J connectivity index is 3.50. The number of rotatable bonds is 4. The van der Waals surface area contributed by atoms with Crippen LogP contribution >= 0.6 is 0 Å². The van der Waals surface area contributed by atoms with E-state index in [1.54, 1.807) is 0 Å². The lowest BCUT2D eigenvalue weighted by Gasteiger charge is -2.15. The molecule has 4 nitrogen and oxygen atoms in total. The largest absolute Gasteiger partial charge is 0.376 e. The number of aliphatic hydroxyl groups is 1. The molecule has 0 radical (unpaired) electrons. The highest BCUT2D eigenvalue weighted by atomic mass is 16.3. The second kappa shape index (κ2) is 5.05. The van der Waals surface area contributed by atoms with Gasteiger partial charge >= 0.3 is 6.03 Å². The quantitative estimate of drug-likeness (QED) is 0.553. The van der Waals surface area contributed by atoms with Gasteiger partial charge in [-0.15, -0.1) is 0 Å². The predicted molar refractivity (Wildman–Crippen MR) is 38.3 cm³/mol. The van der Waals surface area contributed by atoms with E-state index in [2.05, 4.69) is 0 Å². The van der Waals surface area contributed by atoms with E-state index >= 15 is 0 Å². The summed E-state index contributed by atoms with van der Waals surface area (Å²) in [6.07, 6.45) is 1.87. The fourth-order valence-corrected chi connectivity index (χ4v) is 0.600. The summed E-state index contributed by atoms with van der Waals surface area (Å²) in [5, 5.41) is 8.55. The van der Waals surface area contributed by atoms with E-state index in [1.807, 2.05) is 6.92 Å². The third-order valence-electron chi connectivity index (χ3n) is 1.26. The minimum absolute atomic E-state index is 0.282. The zero-order chi connectivity index (χ0) is 7.98. The number of hydrogen-bond acceptors (Lipinski definition) is 2. The van der Waals surface area contributed by atoms with E-state index in [1.165, 1.54) is 4.90 Å². The smallest absolute Gasteiger partial charge is 0.316 e. The Morgan fingerprint density at radius 2 is 2.30 bits per heavy atom. The molecule has 4 heteroatoms. The predicted octanol–water partition coefficient (Wildman–Crippen LogP) is 0.117. The van der Waals surface area contributed by atoms with Gasteiger partial charge in [0, 0.05) is 6.54 Å². The molecule has 0 aromatic carbocycles. The van der Waals surface area contributed by atoms with Crippen LogP contribution < -0.4 is 5.73 Å². The summed E-state index contributed by atoms with van der Waals surface area (Å²) < 4.78 is 0. The van der Waals surface area contributed by atoms with Crippen molar-refractivity contribution in [3.8, 4) is 0 Å². The van der Waals surface area contributed by atoms with Crippen molar-refractivity contribution in [3.63, 3.8) is 0 Å². The molecule has 0 unspecified atom stereocenters. The van der Waals surface area contributed by atoms with Gasteiger partial charge in [0.1, 0.15) is 6.73 Å². The molecule has 60 valence electrons. The highest BCUT2D eigenvalue weighted by Gasteiger charge is 2.04. The van der Waals surface area contributed by atoms with Crippen LogP contribution in [0.2, 0.25) is 0 Å². The van der Waals surface area contributed by atoms with Crippen LogP contribution in [0.3, 0.4) is 0 Å². The molecule has 0 aromatic rings. The van der Waals surface area contributed by atoms with Crippen LogP contribution in [0.4, 0.5) is 4.79 Å². The summed E-state index contributed by atoms with van der Waals surface area (Å²) >= 11 is 0. The van der Waals surface area contributed by atoms with Gasteiger partial charge in [-0.1, -0.05) is 13.3 Å². The molecule has 0 saturated carbocycles. The molecule has 0 aromatic heterocycles. The number of urea groups is 1. The standard InChI is InChI=1S/C6H14N2O2/c1-2-3-4-8(5-9)6(7)10/h9H,2-5H2,1H3,(H2,7,10). The van der Waals surface area contributed by atoms with Crippen LogP contribution in [0.1, 0.15) is 19.8 Å². The van der Waals surface area contributed by atoms with E-state index in [9.17, 15) is 4.79 Å². The lowest BCUT2D eigenvalue weighted by atomic mass is 10.3. The molecule has 0 aliphatic heterocycles. The van der Waals surface area contributed by atoms with Crippen LogP contribution in [-0.2, 0) is 0 Å². The summed E-state index contributed by atoms with van der Waals surface area (Å²) in [6, 6.07) is -0.559. The van der Waals surface area contributed by atoms with Gasteiger partial charge in [-0.25, -0.2) is 4.79 Å². The minimum atomic E-state index is -0.559. The molecule has 0 rings (SSSR count). The van der Waals surface area contributed by atoms with Crippen LogP contribution in [0, 0.1) is 0 Å². The van der Waals surface area contributed by atoms with Crippen molar-refractivity contribution in [2.24, 2.45) is 5.73 Å². The maximum absolute atomic E-state index is 10.4. The molecule has 0 atom stereocenters. The summed E-state index contributed by atoms with van der Waals surface area (Å²) in [5.74, 6) is 0. The van der Waals surface area contributed by atoms with E-state index in [4.69, 9.17) is 10.8 Å². The highest BCUT2D eigenvalue weighted by Crippen LogP contribution is 1.92. The van der Waals surface area contributed by atoms with Gasteiger partial charge in [-0.3, -0.25) is 0 Å². The van der Waals surface area contributed by atoms with Crippen molar-refractivity contribution in [1.82, 2.24) is 4.90 Å². The van der Waals surface area contributed by atoms with Crippen LogP contribution in [-0.4, -0.2) is 29.3 Å². The van der Waals surface area contributed by atoms with E-state index in [0.29, 0.717) is 6.54 Å². The van der Waals surface area contributed by atoms with Crippen molar-refractivity contribution in [2.75, 3.05) is 13.3 Å². The SMILES string of the molecule is CCCCN(CO)C(N)=O. The van der Waals surface area contributed by atoms with E-state index < -0.39 is 6.03 Å². The van der Waals surface area contributed by atoms with Crippen molar-refractivity contribution >= 4 is 6.03 Å². The summed E-state index contributed by atoms with van der Waals surface area (Å²) in [4.78, 5) is 11.6. The maximum Gasteiger partial charge on any atom is 0.316 e. The number of carbonyl (C=O) groups excluding carboxylic acids is 1. The zero-order valence-electron chi connectivity index (χ0n) is 6.21. The second-order valence-electron chi connectivity index (χ2n) is 2.10. The average Bonchev–Trinajstić information content (AvgIpc) is 1.89.